The first-order chi connectivity index (χ1) is 9.55. The Labute approximate surface area is 127 Å². The number of rotatable bonds is 3. The summed E-state index contributed by atoms with van der Waals surface area (Å²) in [6.45, 7) is 2.24. The summed E-state index contributed by atoms with van der Waals surface area (Å²) in [7, 11) is 1.73. The summed E-state index contributed by atoms with van der Waals surface area (Å²) in [5.41, 5.74) is 0.422. The molecular weight excluding hydrogens is 320 g/mol. The highest BCUT2D eigenvalue weighted by Crippen LogP contribution is 2.44. The molecule has 1 N–H and O–H groups in total. The molecule has 110 valence electrons. The molecule has 0 aliphatic heterocycles. The number of nitrogens with zero attached hydrogens (tertiary/aromatic N) is 1. The van der Waals surface area contributed by atoms with Gasteiger partial charge >= 0.3 is 0 Å². The Kier molecular flexibility index (Phi) is 3.75. The fraction of sp³-hybridized carbons (Fsp3) is 0.733. The average Bonchev–Trinajstić information content (AvgIpc) is 3.26. The second kappa shape index (κ2) is 5.26. The maximum atomic E-state index is 12.2. The van der Waals surface area contributed by atoms with Crippen molar-refractivity contribution in [2.45, 2.75) is 57.0 Å². The minimum absolute atomic E-state index is 0.0773. The molecule has 0 saturated heterocycles. The highest BCUT2D eigenvalue weighted by atomic mass is 79.9. The smallest absolute Gasteiger partial charge is 0.265 e. The molecule has 0 aromatic carbocycles. The van der Waals surface area contributed by atoms with Crippen LogP contribution in [0.3, 0.4) is 0 Å². The van der Waals surface area contributed by atoms with Crippen LogP contribution >= 0.6 is 15.9 Å². The Morgan fingerprint density at radius 1 is 1.40 bits per heavy atom. The molecular formula is C15H21BrN2O2. The zero-order valence-electron chi connectivity index (χ0n) is 12.0. The van der Waals surface area contributed by atoms with E-state index in [1.807, 2.05) is 0 Å². The average molecular weight is 341 g/mol. The Balaban J connectivity index is 2.05. The van der Waals surface area contributed by atoms with Crippen molar-refractivity contribution in [1.82, 2.24) is 9.97 Å². The number of nitrogens with one attached hydrogen (secondary N) is 1. The van der Waals surface area contributed by atoms with Crippen molar-refractivity contribution in [2.75, 3.05) is 7.11 Å². The number of H-pyrrole nitrogens is 1. The first kappa shape index (κ1) is 14.3. The lowest BCUT2D eigenvalue weighted by molar-refractivity contribution is -0.0649. The van der Waals surface area contributed by atoms with Crippen LogP contribution in [0.1, 0.15) is 62.9 Å². The predicted octanol–water partition coefficient (Wildman–Crippen LogP) is 3.46. The molecule has 0 bridgehead atoms. The van der Waals surface area contributed by atoms with Gasteiger partial charge in [-0.2, -0.15) is 0 Å². The second-order valence-electron chi connectivity index (χ2n) is 6.29. The fourth-order valence-electron chi connectivity index (χ4n) is 3.32. The van der Waals surface area contributed by atoms with Crippen LogP contribution in [-0.4, -0.2) is 17.1 Å². The molecule has 2 fully saturated rings. The van der Waals surface area contributed by atoms with E-state index in [4.69, 9.17) is 9.72 Å². The summed E-state index contributed by atoms with van der Waals surface area (Å²) in [6, 6.07) is 0. The summed E-state index contributed by atoms with van der Waals surface area (Å²) in [5.74, 6) is 1.77. The molecule has 4 nitrogen and oxygen atoms in total. The van der Waals surface area contributed by atoms with Crippen LogP contribution in [0.5, 0.6) is 0 Å². The second-order valence-corrected chi connectivity index (χ2v) is 7.08. The van der Waals surface area contributed by atoms with Gasteiger partial charge < -0.3 is 9.72 Å². The Morgan fingerprint density at radius 3 is 2.75 bits per heavy atom. The molecule has 1 aromatic rings. The van der Waals surface area contributed by atoms with Gasteiger partial charge in [-0.1, -0.05) is 13.3 Å². The maximum absolute atomic E-state index is 12.2. The quantitative estimate of drug-likeness (QED) is 0.916. The van der Waals surface area contributed by atoms with Crippen LogP contribution in [0.4, 0.5) is 0 Å². The Hall–Kier alpha value is -0.680. The van der Waals surface area contributed by atoms with Gasteiger partial charge in [-0.15, -0.1) is 0 Å². The lowest BCUT2D eigenvalue weighted by Crippen LogP contribution is -2.38. The van der Waals surface area contributed by atoms with Gasteiger partial charge in [0.1, 0.15) is 15.9 Å². The van der Waals surface area contributed by atoms with Gasteiger partial charge in [0.05, 0.1) is 5.69 Å². The number of aromatic amines is 1. The minimum atomic E-state index is -0.416. The van der Waals surface area contributed by atoms with E-state index in [1.165, 1.54) is 6.42 Å². The molecule has 2 aliphatic rings. The summed E-state index contributed by atoms with van der Waals surface area (Å²) >= 11 is 3.38. The van der Waals surface area contributed by atoms with Gasteiger partial charge in [0, 0.05) is 13.0 Å². The van der Waals surface area contributed by atoms with Gasteiger partial charge in [0.2, 0.25) is 0 Å². The number of hydrogen-bond donors (Lipinski definition) is 1. The topological polar surface area (TPSA) is 55.0 Å². The molecule has 20 heavy (non-hydrogen) atoms. The van der Waals surface area contributed by atoms with Crippen molar-refractivity contribution in [2.24, 2.45) is 5.92 Å². The van der Waals surface area contributed by atoms with Gasteiger partial charge in [0.25, 0.3) is 5.56 Å². The number of aromatic nitrogens is 2. The lowest BCUT2D eigenvalue weighted by atomic mass is 9.78. The fourth-order valence-corrected chi connectivity index (χ4v) is 3.83. The van der Waals surface area contributed by atoms with E-state index in [0.29, 0.717) is 16.3 Å². The third-order valence-corrected chi connectivity index (χ3v) is 5.40. The molecule has 2 atom stereocenters. The molecule has 2 unspecified atom stereocenters. The van der Waals surface area contributed by atoms with E-state index in [1.54, 1.807) is 7.11 Å². The van der Waals surface area contributed by atoms with Crippen molar-refractivity contribution in [3.05, 3.63) is 26.3 Å². The van der Waals surface area contributed by atoms with E-state index < -0.39 is 5.60 Å². The van der Waals surface area contributed by atoms with E-state index in [0.717, 1.165) is 43.6 Å². The van der Waals surface area contributed by atoms with Crippen LogP contribution in [-0.2, 0) is 10.3 Å². The normalized spacial score (nSPS) is 30.4. The summed E-state index contributed by atoms with van der Waals surface area (Å²) < 4.78 is 6.43. The Bertz CT molecular complexity index is 567. The molecule has 2 saturated carbocycles. The number of methoxy groups -OCH3 is 1. The van der Waals surface area contributed by atoms with Gasteiger partial charge in [0.15, 0.2) is 0 Å². The van der Waals surface area contributed by atoms with Crippen LogP contribution in [0.2, 0.25) is 0 Å². The first-order valence-electron chi connectivity index (χ1n) is 7.41. The molecule has 0 amide bonds. The zero-order valence-corrected chi connectivity index (χ0v) is 13.6. The molecule has 2 aliphatic carbocycles. The summed E-state index contributed by atoms with van der Waals surface area (Å²) in [6.07, 6.45) is 6.46. The van der Waals surface area contributed by atoms with Gasteiger partial charge in [-0.25, -0.2) is 4.98 Å². The summed E-state index contributed by atoms with van der Waals surface area (Å²) in [4.78, 5) is 19.9. The van der Waals surface area contributed by atoms with Crippen LogP contribution in [0, 0.1) is 5.92 Å². The zero-order chi connectivity index (χ0) is 14.3. The highest BCUT2D eigenvalue weighted by Gasteiger charge is 2.40. The SMILES string of the molecule is COC1(c2nc(C3CC3)c(Br)c(=O)[nH]2)CCCC(C)C1. The molecule has 5 heteroatoms. The highest BCUT2D eigenvalue weighted by molar-refractivity contribution is 9.10. The maximum Gasteiger partial charge on any atom is 0.265 e. The van der Waals surface area contributed by atoms with Crippen LogP contribution < -0.4 is 5.56 Å². The van der Waals surface area contributed by atoms with E-state index in [-0.39, 0.29) is 5.56 Å². The molecule has 0 spiro atoms. The Morgan fingerprint density at radius 2 is 2.15 bits per heavy atom. The molecule has 0 radical (unpaired) electrons. The van der Waals surface area contributed by atoms with E-state index in [2.05, 4.69) is 27.8 Å². The van der Waals surface area contributed by atoms with Gasteiger partial charge in [-0.3, -0.25) is 4.79 Å². The van der Waals surface area contributed by atoms with E-state index in [9.17, 15) is 4.79 Å². The summed E-state index contributed by atoms with van der Waals surface area (Å²) in [5, 5.41) is 0. The van der Waals surface area contributed by atoms with Crippen molar-refractivity contribution in [3.63, 3.8) is 0 Å². The number of ether oxygens (including phenoxy) is 1. The lowest BCUT2D eigenvalue weighted by Gasteiger charge is -2.38. The van der Waals surface area contributed by atoms with Crippen LogP contribution in [0.25, 0.3) is 0 Å². The van der Waals surface area contributed by atoms with Gasteiger partial charge in [-0.05, 0) is 54.0 Å². The molecule has 3 rings (SSSR count). The van der Waals surface area contributed by atoms with Crippen LogP contribution in [0.15, 0.2) is 9.27 Å². The number of hydrogen-bond acceptors (Lipinski definition) is 3. The third kappa shape index (κ3) is 2.46. The predicted molar refractivity (Wildman–Crippen MR) is 80.9 cm³/mol. The third-order valence-electron chi connectivity index (χ3n) is 4.63. The van der Waals surface area contributed by atoms with E-state index >= 15 is 0 Å². The van der Waals surface area contributed by atoms with Crippen molar-refractivity contribution in [1.29, 1.82) is 0 Å². The molecule has 1 aromatic heterocycles. The minimum Gasteiger partial charge on any atom is -0.370 e. The molecule has 1 heterocycles. The van der Waals surface area contributed by atoms with Crippen molar-refractivity contribution in [3.8, 4) is 0 Å². The largest absolute Gasteiger partial charge is 0.370 e. The first-order valence-corrected chi connectivity index (χ1v) is 8.20. The number of halogens is 1. The van der Waals surface area contributed by atoms with Crippen molar-refractivity contribution < 1.29 is 4.74 Å². The monoisotopic (exact) mass is 340 g/mol. The standard InChI is InChI=1S/C15H21BrN2O2/c1-9-4-3-7-15(8-9,20-2)14-17-12(10-5-6-10)11(16)13(19)18-14/h9-10H,3-8H2,1-2H3,(H,17,18,19). The van der Waals surface area contributed by atoms with Crippen molar-refractivity contribution >= 4 is 15.9 Å².